The van der Waals surface area contributed by atoms with Crippen LogP contribution in [-0.2, 0) is 9.59 Å². The molecule has 4 nitrogen and oxygen atoms in total. The number of carboxylic acid groups (broad SMARTS) is 1. The summed E-state index contributed by atoms with van der Waals surface area (Å²) in [7, 11) is 0. The first kappa shape index (κ1) is 14.7. The van der Waals surface area contributed by atoms with Crippen LogP contribution in [-0.4, -0.2) is 34.5 Å². The molecular weight excluding hydrogens is 262 g/mol. The minimum atomic E-state index is -0.826. The molecule has 2 aliphatic carbocycles. The highest BCUT2D eigenvalue weighted by Gasteiger charge is 2.42. The van der Waals surface area contributed by atoms with E-state index in [1.807, 2.05) is 18.7 Å². The molecular formula is C14H23NO3S. The summed E-state index contributed by atoms with van der Waals surface area (Å²) in [5.41, 5.74) is 0. The molecule has 0 aromatic heterocycles. The molecule has 0 aromatic carbocycles. The molecule has 3 atom stereocenters. The highest BCUT2D eigenvalue weighted by molar-refractivity contribution is 8.00. The summed E-state index contributed by atoms with van der Waals surface area (Å²) < 4.78 is 0.207. The van der Waals surface area contributed by atoms with Gasteiger partial charge in [0.1, 0.15) is 0 Å². The first-order valence-corrected chi connectivity index (χ1v) is 8.25. The SMILES string of the molecule is CSC1(CNC(=O)[C@H]2CC(C)C[C@H]2C(=O)O)CCC1. The lowest BCUT2D eigenvalue weighted by atomic mass is 9.84. The van der Waals surface area contributed by atoms with Gasteiger partial charge in [0.25, 0.3) is 0 Å². The molecule has 2 fully saturated rings. The molecule has 2 N–H and O–H groups in total. The fourth-order valence-corrected chi connectivity index (χ4v) is 4.17. The summed E-state index contributed by atoms with van der Waals surface area (Å²) in [5, 5.41) is 12.2. The van der Waals surface area contributed by atoms with Crippen molar-refractivity contribution in [2.75, 3.05) is 12.8 Å². The highest BCUT2D eigenvalue weighted by Crippen LogP contribution is 2.42. The summed E-state index contributed by atoms with van der Waals surface area (Å²) in [6, 6.07) is 0. The van der Waals surface area contributed by atoms with Crippen molar-refractivity contribution < 1.29 is 14.7 Å². The van der Waals surface area contributed by atoms with E-state index in [0.29, 0.717) is 25.3 Å². The Hall–Kier alpha value is -0.710. The van der Waals surface area contributed by atoms with Crippen molar-refractivity contribution in [1.29, 1.82) is 0 Å². The quantitative estimate of drug-likeness (QED) is 0.812. The van der Waals surface area contributed by atoms with Crippen LogP contribution in [0.25, 0.3) is 0 Å². The molecule has 0 saturated heterocycles. The van der Waals surface area contributed by atoms with Crippen LogP contribution in [0.1, 0.15) is 39.0 Å². The minimum Gasteiger partial charge on any atom is -0.481 e. The molecule has 2 rings (SSSR count). The normalized spacial score (nSPS) is 32.6. The third-order valence-electron chi connectivity index (χ3n) is 4.73. The van der Waals surface area contributed by atoms with Crippen molar-refractivity contribution in [1.82, 2.24) is 5.32 Å². The van der Waals surface area contributed by atoms with Crippen LogP contribution in [0.4, 0.5) is 0 Å². The molecule has 1 unspecified atom stereocenters. The number of carbonyl (C=O) groups excluding carboxylic acids is 1. The van der Waals surface area contributed by atoms with E-state index in [4.69, 9.17) is 0 Å². The van der Waals surface area contributed by atoms with Gasteiger partial charge >= 0.3 is 5.97 Å². The molecule has 0 heterocycles. The lowest BCUT2D eigenvalue weighted by Crippen LogP contribution is -2.47. The average Bonchev–Trinajstić information content (AvgIpc) is 2.70. The molecule has 0 bridgehead atoms. The van der Waals surface area contributed by atoms with Gasteiger partial charge < -0.3 is 10.4 Å². The van der Waals surface area contributed by atoms with Crippen molar-refractivity contribution in [2.24, 2.45) is 17.8 Å². The Morgan fingerprint density at radius 2 is 1.95 bits per heavy atom. The van der Waals surface area contributed by atoms with Gasteiger partial charge in [0.2, 0.25) is 5.91 Å². The van der Waals surface area contributed by atoms with Crippen LogP contribution in [0.3, 0.4) is 0 Å². The molecule has 108 valence electrons. The van der Waals surface area contributed by atoms with Crippen LogP contribution in [0.5, 0.6) is 0 Å². The Kier molecular flexibility index (Phi) is 4.43. The van der Waals surface area contributed by atoms with E-state index in [1.54, 1.807) is 0 Å². The summed E-state index contributed by atoms with van der Waals surface area (Å²) in [4.78, 5) is 23.4. The Morgan fingerprint density at radius 1 is 1.32 bits per heavy atom. The van der Waals surface area contributed by atoms with Gasteiger partial charge in [-0.25, -0.2) is 0 Å². The van der Waals surface area contributed by atoms with E-state index in [1.165, 1.54) is 6.42 Å². The smallest absolute Gasteiger partial charge is 0.307 e. The second-order valence-corrected chi connectivity index (χ2v) is 7.36. The summed E-state index contributed by atoms with van der Waals surface area (Å²) in [6.45, 7) is 2.71. The average molecular weight is 285 g/mol. The summed E-state index contributed by atoms with van der Waals surface area (Å²) in [5.74, 6) is -1.40. The first-order chi connectivity index (χ1) is 8.97. The maximum Gasteiger partial charge on any atom is 0.307 e. The predicted octanol–water partition coefficient (Wildman–Crippen LogP) is 2.14. The van der Waals surface area contributed by atoms with Crippen LogP contribution in [0.2, 0.25) is 0 Å². The minimum absolute atomic E-state index is 0.0583. The molecule has 0 radical (unpaired) electrons. The van der Waals surface area contributed by atoms with Crippen molar-refractivity contribution in [3.63, 3.8) is 0 Å². The van der Waals surface area contributed by atoms with Gasteiger partial charge in [-0.3, -0.25) is 9.59 Å². The number of aliphatic carboxylic acids is 1. The van der Waals surface area contributed by atoms with Gasteiger partial charge in [-0.1, -0.05) is 13.3 Å². The predicted molar refractivity (Wildman–Crippen MR) is 76.1 cm³/mol. The number of thioether (sulfide) groups is 1. The standard InChI is InChI=1S/C14H23NO3S/c1-9-6-10(11(7-9)13(17)18)12(16)15-8-14(19-2)4-3-5-14/h9-11H,3-8H2,1-2H3,(H,15,16)(H,17,18)/t9?,10-,11+/m0/s1. The van der Waals surface area contributed by atoms with E-state index >= 15 is 0 Å². The molecule has 19 heavy (non-hydrogen) atoms. The fraction of sp³-hybridized carbons (Fsp3) is 0.857. The van der Waals surface area contributed by atoms with Gasteiger partial charge in [-0.2, -0.15) is 11.8 Å². The Morgan fingerprint density at radius 3 is 2.42 bits per heavy atom. The van der Waals surface area contributed by atoms with Crippen molar-refractivity contribution in [2.45, 2.75) is 43.8 Å². The fourth-order valence-electron chi connectivity index (χ4n) is 3.26. The number of nitrogens with one attached hydrogen (secondary N) is 1. The summed E-state index contributed by atoms with van der Waals surface area (Å²) in [6.07, 6.45) is 6.95. The van der Waals surface area contributed by atoms with E-state index in [9.17, 15) is 14.7 Å². The zero-order chi connectivity index (χ0) is 14.0. The van der Waals surface area contributed by atoms with Gasteiger partial charge in [0.05, 0.1) is 11.8 Å². The van der Waals surface area contributed by atoms with Crippen LogP contribution in [0.15, 0.2) is 0 Å². The molecule has 0 spiro atoms. The molecule has 0 aromatic rings. The van der Waals surface area contributed by atoms with Crippen molar-refractivity contribution in [3.05, 3.63) is 0 Å². The number of carboxylic acids is 1. The maximum atomic E-state index is 12.2. The Labute approximate surface area is 118 Å². The van der Waals surface area contributed by atoms with Gasteiger partial charge in [0.15, 0.2) is 0 Å². The number of hydrogen-bond donors (Lipinski definition) is 2. The second kappa shape index (κ2) is 5.73. The van der Waals surface area contributed by atoms with Crippen molar-refractivity contribution >= 4 is 23.6 Å². The van der Waals surface area contributed by atoms with E-state index < -0.39 is 11.9 Å². The molecule has 2 aliphatic rings. The number of rotatable bonds is 5. The number of hydrogen-bond acceptors (Lipinski definition) is 3. The number of amides is 1. The third-order valence-corrected chi connectivity index (χ3v) is 6.15. The molecule has 0 aliphatic heterocycles. The highest BCUT2D eigenvalue weighted by atomic mass is 32.2. The van der Waals surface area contributed by atoms with Crippen LogP contribution < -0.4 is 5.32 Å². The van der Waals surface area contributed by atoms with E-state index in [0.717, 1.165) is 12.8 Å². The zero-order valence-corrected chi connectivity index (χ0v) is 12.5. The molecule has 1 amide bonds. The van der Waals surface area contributed by atoms with Crippen molar-refractivity contribution in [3.8, 4) is 0 Å². The largest absolute Gasteiger partial charge is 0.481 e. The van der Waals surface area contributed by atoms with E-state index in [-0.39, 0.29) is 16.6 Å². The third kappa shape index (κ3) is 3.07. The van der Waals surface area contributed by atoms with Gasteiger partial charge in [0, 0.05) is 11.3 Å². The lowest BCUT2D eigenvalue weighted by molar-refractivity contribution is -0.146. The van der Waals surface area contributed by atoms with Gasteiger partial charge in [-0.15, -0.1) is 0 Å². The van der Waals surface area contributed by atoms with Gasteiger partial charge in [-0.05, 0) is 37.9 Å². The van der Waals surface area contributed by atoms with Crippen LogP contribution >= 0.6 is 11.8 Å². The Bertz CT molecular complexity index is 362. The first-order valence-electron chi connectivity index (χ1n) is 7.03. The topological polar surface area (TPSA) is 66.4 Å². The number of carbonyl (C=O) groups is 2. The monoisotopic (exact) mass is 285 g/mol. The molecule has 2 saturated carbocycles. The Balaban J connectivity index is 1.90. The zero-order valence-electron chi connectivity index (χ0n) is 11.6. The lowest BCUT2D eigenvalue weighted by Gasteiger charge is -2.40. The van der Waals surface area contributed by atoms with Crippen LogP contribution in [0, 0.1) is 17.8 Å². The summed E-state index contributed by atoms with van der Waals surface area (Å²) >= 11 is 1.82. The maximum absolute atomic E-state index is 12.2. The van der Waals surface area contributed by atoms with E-state index in [2.05, 4.69) is 11.6 Å². The second-order valence-electron chi connectivity index (χ2n) is 6.09. The molecule has 5 heteroatoms.